The van der Waals surface area contributed by atoms with Gasteiger partial charge in [-0.3, -0.25) is 10.1 Å². The van der Waals surface area contributed by atoms with Crippen LogP contribution in [-0.4, -0.2) is 41.5 Å². The van der Waals surface area contributed by atoms with E-state index in [1.165, 1.54) is 11.3 Å². The fourth-order valence-electron chi connectivity index (χ4n) is 2.23. The van der Waals surface area contributed by atoms with Crippen LogP contribution < -0.4 is 10.6 Å². The van der Waals surface area contributed by atoms with E-state index in [4.69, 9.17) is 0 Å². The number of aromatic nitrogens is 1. The number of piperidine rings is 1. The van der Waals surface area contributed by atoms with Gasteiger partial charge in [-0.05, 0) is 18.8 Å². The zero-order chi connectivity index (χ0) is 15.4. The van der Waals surface area contributed by atoms with E-state index in [0.717, 1.165) is 12.1 Å². The number of carbonyl (C=O) groups excluding carboxylic acids is 2. The van der Waals surface area contributed by atoms with Gasteiger partial charge in [0, 0.05) is 31.4 Å². The Hall–Kier alpha value is -1.63. The summed E-state index contributed by atoms with van der Waals surface area (Å²) in [6.45, 7) is 4.79. The van der Waals surface area contributed by atoms with Crippen LogP contribution in [0.1, 0.15) is 44.7 Å². The van der Waals surface area contributed by atoms with Crippen molar-refractivity contribution in [3.63, 3.8) is 0 Å². The predicted molar refractivity (Wildman–Crippen MR) is 83.6 cm³/mol. The minimum Gasteiger partial charge on any atom is -0.344 e. The van der Waals surface area contributed by atoms with E-state index in [0.29, 0.717) is 30.4 Å². The number of nitrogens with zero attached hydrogens (tertiary/aromatic N) is 2. The first-order valence-electron chi connectivity index (χ1n) is 7.26. The van der Waals surface area contributed by atoms with Crippen molar-refractivity contribution in [3.05, 3.63) is 11.1 Å². The topological polar surface area (TPSA) is 74.3 Å². The highest BCUT2D eigenvalue weighted by atomic mass is 32.1. The van der Waals surface area contributed by atoms with Gasteiger partial charge in [0.15, 0.2) is 5.13 Å². The van der Waals surface area contributed by atoms with Crippen LogP contribution in [0.15, 0.2) is 5.38 Å². The Morgan fingerprint density at radius 1 is 1.62 bits per heavy atom. The molecule has 21 heavy (non-hydrogen) atoms. The molecule has 2 rings (SSSR count). The molecular formula is C14H22N4O2S. The zero-order valence-corrected chi connectivity index (χ0v) is 13.5. The molecule has 116 valence electrons. The highest BCUT2D eigenvalue weighted by Crippen LogP contribution is 2.23. The zero-order valence-electron chi connectivity index (χ0n) is 12.7. The standard InChI is InChI=1S/C14H22N4O2S/c1-4-9(2)11-8-21-14(16-11)17-13(20)15-10-5-6-12(19)18(3)7-10/h8-10H,4-7H2,1-3H3,(H2,15,16,17,20)/t9-,10+/m0/s1. The van der Waals surface area contributed by atoms with Crippen molar-refractivity contribution in [3.8, 4) is 0 Å². The van der Waals surface area contributed by atoms with Gasteiger partial charge < -0.3 is 10.2 Å². The number of nitrogens with one attached hydrogen (secondary N) is 2. The number of urea groups is 1. The molecule has 0 radical (unpaired) electrons. The molecule has 1 fully saturated rings. The van der Waals surface area contributed by atoms with Crippen LogP contribution in [-0.2, 0) is 4.79 Å². The maximum Gasteiger partial charge on any atom is 0.321 e. The second kappa shape index (κ2) is 6.89. The van der Waals surface area contributed by atoms with Crippen molar-refractivity contribution in [2.45, 2.75) is 45.1 Å². The minimum atomic E-state index is -0.257. The summed E-state index contributed by atoms with van der Waals surface area (Å²) < 4.78 is 0. The second-order valence-electron chi connectivity index (χ2n) is 5.50. The molecule has 2 N–H and O–H groups in total. The van der Waals surface area contributed by atoms with Gasteiger partial charge in [-0.15, -0.1) is 11.3 Å². The van der Waals surface area contributed by atoms with Crippen molar-refractivity contribution in [1.82, 2.24) is 15.2 Å². The van der Waals surface area contributed by atoms with Crippen LogP contribution in [0, 0.1) is 0 Å². The molecule has 1 aromatic rings. The van der Waals surface area contributed by atoms with Crippen molar-refractivity contribution >= 4 is 28.4 Å². The van der Waals surface area contributed by atoms with E-state index >= 15 is 0 Å². The Bertz CT molecular complexity index is 517. The number of likely N-dealkylation sites (tertiary alicyclic amines) is 1. The van der Waals surface area contributed by atoms with Gasteiger partial charge in [-0.25, -0.2) is 9.78 Å². The summed E-state index contributed by atoms with van der Waals surface area (Å²) >= 11 is 1.44. The molecular weight excluding hydrogens is 288 g/mol. The molecule has 0 spiro atoms. The van der Waals surface area contributed by atoms with Crippen LogP contribution in [0.3, 0.4) is 0 Å². The van der Waals surface area contributed by atoms with E-state index < -0.39 is 0 Å². The average molecular weight is 310 g/mol. The van der Waals surface area contributed by atoms with Gasteiger partial charge in [0.05, 0.1) is 5.69 Å². The second-order valence-corrected chi connectivity index (χ2v) is 6.35. The quantitative estimate of drug-likeness (QED) is 0.897. The number of carbonyl (C=O) groups is 2. The maximum absolute atomic E-state index is 12.0. The van der Waals surface area contributed by atoms with E-state index in [9.17, 15) is 9.59 Å². The maximum atomic E-state index is 12.0. The monoisotopic (exact) mass is 310 g/mol. The third-order valence-corrected chi connectivity index (χ3v) is 4.60. The first-order valence-corrected chi connectivity index (χ1v) is 8.14. The Kier molecular flexibility index (Phi) is 5.17. The lowest BCUT2D eigenvalue weighted by Crippen LogP contribution is -2.49. The lowest BCUT2D eigenvalue weighted by molar-refractivity contribution is -0.132. The molecule has 0 saturated carbocycles. The van der Waals surface area contributed by atoms with Gasteiger partial charge in [0.1, 0.15) is 0 Å². The highest BCUT2D eigenvalue weighted by molar-refractivity contribution is 7.13. The molecule has 1 aromatic heterocycles. The summed E-state index contributed by atoms with van der Waals surface area (Å²) in [4.78, 5) is 29.4. The number of amides is 3. The molecule has 1 aliphatic rings. The Labute approximate surface area is 128 Å². The normalized spacial score (nSPS) is 20.2. The lowest BCUT2D eigenvalue weighted by atomic mass is 10.1. The smallest absolute Gasteiger partial charge is 0.321 e. The van der Waals surface area contributed by atoms with Crippen LogP contribution in [0.4, 0.5) is 9.93 Å². The van der Waals surface area contributed by atoms with Gasteiger partial charge >= 0.3 is 6.03 Å². The Morgan fingerprint density at radius 2 is 2.38 bits per heavy atom. The summed E-state index contributed by atoms with van der Waals surface area (Å²) in [7, 11) is 1.76. The van der Waals surface area contributed by atoms with E-state index in [-0.39, 0.29) is 18.0 Å². The average Bonchev–Trinajstić information content (AvgIpc) is 2.90. The van der Waals surface area contributed by atoms with Gasteiger partial charge in [-0.2, -0.15) is 0 Å². The third-order valence-electron chi connectivity index (χ3n) is 3.82. The van der Waals surface area contributed by atoms with Crippen molar-refractivity contribution in [2.75, 3.05) is 18.9 Å². The Balaban J connectivity index is 1.84. The van der Waals surface area contributed by atoms with E-state index in [2.05, 4.69) is 29.5 Å². The van der Waals surface area contributed by atoms with Crippen LogP contribution in [0.25, 0.3) is 0 Å². The predicted octanol–water partition coefficient (Wildman–Crippen LogP) is 2.40. The Morgan fingerprint density at radius 3 is 3.05 bits per heavy atom. The van der Waals surface area contributed by atoms with E-state index in [1.807, 2.05) is 5.38 Å². The van der Waals surface area contributed by atoms with Gasteiger partial charge in [0.2, 0.25) is 5.91 Å². The molecule has 1 saturated heterocycles. The molecule has 3 amide bonds. The first-order chi connectivity index (χ1) is 9.99. The van der Waals surface area contributed by atoms with Gasteiger partial charge in [-0.1, -0.05) is 13.8 Å². The summed E-state index contributed by atoms with van der Waals surface area (Å²) in [6, 6.07) is -0.255. The van der Waals surface area contributed by atoms with Crippen LogP contribution >= 0.6 is 11.3 Å². The summed E-state index contributed by atoms with van der Waals surface area (Å²) in [6.07, 6.45) is 2.20. The number of likely N-dealkylation sites (N-methyl/N-ethyl adjacent to an activating group) is 1. The molecule has 1 aliphatic heterocycles. The summed E-state index contributed by atoms with van der Waals surface area (Å²) in [5.41, 5.74) is 1.01. The van der Waals surface area contributed by atoms with Crippen molar-refractivity contribution < 1.29 is 9.59 Å². The molecule has 7 heteroatoms. The molecule has 0 aliphatic carbocycles. The number of anilines is 1. The number of rotatable bonds is 4. The SMILES string of the molecule is CC[C@H](C)c1csc(NC(=O)N[C@@H]2CCC(=O)N(C)C2)n1. The minimum absolute atomic E-state index is 0.00157. The summed E-state index contributed by atoms with van der Waals surface area (Å²) in [5.74, 6) is 0.532. The molecule has 2 atom stereocenters. The fourth-order valence-corrected chi connectivity index (χ4v) is 3.05. The molecule has 2 heterocycles. The largest absolute Gasteiger partial charge is 0.344 e. The number of hydrogen-bond donors (Lipinski definition) is 2. The number of hydrogen-bond acceptors (Lipinski definition) is 4. The molecule has 0 unspecified atom stereocenters. The van der Waals surface area contributed by atoms with Crippen molar-refractivity contribution in [1.29, 1.82) is 0 Å². The van der Waals surface area contributed by atoms with Crippen molar-refractivity contribution in [2.24, 2.45) is 0 Å². The third kappa shape index (κ3) is 4.17. The van der Waals surface area contributed by atoms with Crippen LogP contribution in [0.2, 0.25) is 0 Å². The lowest BCUT2D eigenvalue weighted by Gasteiger charge is -2.29. The first kappa shape index (κ1) is 15.8. The van der Waals surface area contributed by atoms with Gasteiger partial charge in [0.25, 0.3) is 0 Å². The summed E-state index contributed by atoms with van der Waals surface area (Å²) in [5, 5.41) is 8.26. The van der Waals surface area contributed by atoms with Crippen LogP contribution in [0.5, 0.6) is 0 Å². The number of thiazole rings is 1. The highest BCUT2D eigenvalue weighted by Gasteiger charge is 2.24. The molecule has 0 aromatic carbocycles. The molecule has 0 bridgehead atoms. The van der Waals surface area contributed by atoms with E-state index in [1.54, 1.807) is 11.9 Å². The molecule has 6 nitrogen and oxygen atoms in total. The fraction of sp³-hybridized carbons (Fsp3) is 0.643.